The molecule has 2 aromatic carbocycles. The first-order valence-electron chi connectivity index (χ1n) is 8.42. The van der Waals surface area contributed by atoms with Gasteiger partial charge in [-0.25, -0.2) is 9.37 Å². The molecule has 2 heterocycles. The van der Waals surface area contributed by atoms with Crippen LogP contribution >= 0.6 is 23.1 Å². The van der Waals surface area contributed by atoms with Gasteiger partial charge in [-0.05, 0) is 55.8 Å². The molecule has 0 saturated heterocycles. The van der Waals surface area contributed by atoms with Gasteiger partial charge in [0.15, 0.2) is 5.16 Å². The van der Waals surface area contributed by atoms with Crippen molar-refractivity contribution in [3.05, 3.63) is 76.8 Å². The zero-order chi connectivity index (χ0) is 18.8. The van der Waals surface area contributed by atoms with E-state index in [9.17, 15) is 4.39 Å². The highest BCUT2D eigenvalue weighted by molar-refractivity contribution is 7.98. The molecule has 0 aliphatic heterocycles. The molecule has 0 aliphatic carbocycles. The van der Waals surface area contributed by atoms with Crippen molar-refractivity contribution in [2.24, 2.45) is 0 Å². The van der Waals surface area contributed by atoms with Crippen LogP contribution in [0.2, 0.25) is 0 Å². The van der Waals surface area contributed by atoms with Crippen molar-refractivity contribution < 1.29 is 4.39 Å². The number of nitrogens with zero attached hydrogens (tertiary/aromatic N) is 4. The first kappa shape index (κ1) is 17.9. The van der Waals surface area contributed by atoms with E-state index in [4.69, 9.17) is 0 Å². The van der Waals surface area contributed by atoms with Crippen LogP contribution in [0.25, 0.3) is 16.3 Å². The Morgan fingerprint density at radius 2 is 1.89 bits per heavy atom. The van der Waals surface area contributed by atoms with E-state index in [-0.39, 0.29) is 5.82 Å². The van der Waals surface area contributed by atoms with Crippen LogP contribution in [0.1, 0.15) is 17.1 Å². The van der Waals surface area contributed by atoms with E-state index in [1.165, 1.54) is 17.7 Å². The summed E-state index contributed by atoms with van der Waals surface area (Å²) in [6, 6.07) is 14.7. The molecular weight excluding hydrogens is 379 g/mol. The zero-order valence-electron chi connectivity index (χ0n) is 14.9. The van der Waals surface area contributed by atoms with Gasteiger partial charge in [-0.1, -0.05) is 23.9 Å². The third kappa shape index (κ3) is 3.94. The maximum absolute atomic E-state index is 13.1. The lowest BCUT2D eigenvalue weighted by molar-refractivity contribution is 0.628. The van der Waals surface area contributed by atoms with Crippen LogP contribution in [0.3, 0.4) is 0 Å². The largest absolute Gasteiger partial charge is 0.274 e. The number of thiazole rings is 1. The Hall–Kier alpha value is -2.51. The summed E-state index contributed by atoms with van der Waals surface area (Å²) in [5, 5.41) is 12.3. The van der Waals surface area contributed by atoms with Crippen LogP contribution in [0.5, 0.6) is 0 Å². The molecule has 0 bridgehead atoms. The van der Waals surface area contributed by atoms with E-state index in [1.54, 1.807) is 35.2 Å². The minimum absolute atomic E-state index is 0.239. The van der Waals surface area contributed by atoms with E-state index in [0.29, 0.717) is 5.75 Å². The Labute approximate surface area is 165 Å². The summed E-state index contributed by atoms with van der Waals surface area (Å²) in [5.74, 6) is 1.31. The molecule has 27 heavy (non-hydrogen) atoms. The summed E-state index contributed by atoms with van der Waals surface area (Å²) in [6.45, 7) is 4.02. The minimum atomic E-state index is -0.239. The van der Waals surface area contributed by atoms with E-state index in [0.717, 1.165) is 32.9 Å². The van der Waals surface area contributed by atoms with Crippen molar-refractivity contribution >= 4 is 23.1 Å². The maximum atomic E-state index is 13.1. The molecule has 0 unspecified atom stereocenters. The number of aromatic nitrogens is 4. The smallest absolute Gasteiger partial charge is 0.196 e. The number of benzene rings is 2. The zero-order valence-corrected chi connectivity index (χ0v) is 16.5. The number of hydrogen-bond donors (Lipinski definition) is 0. The second-order valence-corrected chi connectivity index (χ2v) is 7.94. The quantitative estimate of drug-likeness (QED) is 0.421. The molecule has 0 amide bonds. The summed E-state index contributed by atoms with van der Waals surface area (Å²) in [6.07, 6.45) is 0. The summed E-state index contributed by atoms with van der Waals surface area (Å²) in [7, 11) is 0. The first-order valence-corrected chi connectivity index (χ1v) is 10.3. The summed E-state index contributed by atoms with van der Waals surface area (Å²) < 4.78 is 15.1. The van der Waals surface area contributed by atoms with E-state index < -0.39 is 0 Å². The highest BCUT2D eigenvalue weighted by Crippen LogP contribution is 2.29. The Morgan fingerprint density at radius 1 is 1.07 bits per heavy atom. The molecule has 0 radical (unpaired) electrons. The van der Waals surface area contributed by atoms with Crippen molar-refractivity contribution in [2.75, 3.05) is 0 Å². The molecule has 4 rings (SSSR count). The van der Waals surface area contributed by atoms with E-state index in [2.05, 4.69) is 44.9 Å². The van der Waals surface area contributed by atoms with Gasteiger partial charge in [-0.3, -0.25) is 4.57 Å². The van der Waals surface area contributed by atoms with Crippen LogP contribution in [-0.2, 0) is 5.75 Å². The average molecular weight is 397 g/mol. The standard InChI is InChI=1S/C20H17FN4S2/c1-13-4-3-5-18(10-13)25-14(2)23-24-20(25)27-12-17-11-26-19(22-17)15-6-8-16(21)9-7-15/h3-11H,12H2,1-2H3. The Bertz CT molecular complexity index is 1070. The summed E-state index contributed by atoms with van der Waals surface area (Å²) >= 11 is 3.17. The third-order valence-electron chi connectivity index (χ3n) is 4.05. The predicted octanol–water partition coefficient (Wildman–Crippen LogP) is 5.44. The lowest BCUT2D eigenvalue weighted by Crippen LogP contribution is -1.99. The number of hydrogen-bond acceptors (Lipinski definition) is 5. The topological polar surface area (TPSA) is 43.6 Å². The second-order valence-electron chi connectivity index (χ2n) is 6.14. The maximum Gasteiger partial charge on any atom is 0.196 e. The number of rotatable bonds is 5. The van der Waals surface area contributed by atoms with Gasteiger partial charge in [0, 0.05) is 22.4 Å². The molecule has 0 aliphatic rings. The van der Waals surface area contributed by atoms with Crippen LogP contribution < -0.4 is 0 Å². The third-order valence-corrected chi connectivity index (χ3v) is 5.95. The van der Waals surface area contributed by atoms with Crippen molar-refractivity contribution in [1.29, 1.82) is 0 Å². The van der Waals surface area contributed by atoms with Crippen LogP contribution in [0, 0.1) is 19.7 Å². The Balaban J connectivity index is 1.53. The minimum Gasteiger partial charge on any atom is -0.274 e. The van der Waals surface area contributed by atoms with E-state index >= 15 is 0 Å². The molecule has 0 spiro atoms. The van der Waals surface area contributed by atoms with Crippen molar-refractivity contribution in [3.63, 3.8) is 0 Å². The van der Waals surface area contributed by atoms with Crippen molar-refractivity contribution in [1.82, 2.24) is 19.7 Å². The van der Waals surface area contributed by atoms with Crippen LogP contribution in [-0.4, -0.2) is 19.7 Å². The van der Waals surface area contributed by atoms with Crippen LogP contribution in [0.15, 0.2) is 59.1 Å². The van der Waals surface area contributed by atoms with Crippen molar-refractivity contribution in [2.45, 2.75) is 24.8 Å². The molecule has 0 atom stereocenters. The summed E-state index contributed by atoms with van der Waals surface area (Å²) in [4.78, 5) is 4.67. The Morgan fingerprint density at radius 3 is 2.67 bits per heavy atom. The van der Waals surface area contributed by atoms with Gasteiger partial charge in [-0.2, -0.15) is 0 Å². The van der Waals surface area contributed by atoms with Crippen molar-refractivity contribution in [3.8, 4) is 16.3 Å². The molecule has 0 saturated carbocycles. The number of halogens is 1. The molecule has 4 aromatic rings. The monoisotopic (exact) mass is 396 g/mol. The highest BCUT2D eigenvalue weighted by Gasteiger charge is 2.13. The summed E-state index contributed by atoms with van der Waals surface area (Å²) in [5.41, 5.74) is 4.16. The highest BCUT2D eigenvalue weighted by atomic mass is 32.2. The second kappa shape index (κ2) is 7.62. The van der Waals surface area contributed by atoms with E-state index in [1.807, 2.05) is 18.4 Å². The molecule has 2 aromatic heterocycles. The van der Waals surface area contributed by atoms with Gasteiger partial charge in [0.1, 0.15) is 16.6 Å². The lowest BCUT2D eigenvalue weighted by Gasteiger charge is -2.08. The fraction of sp³-hybridized carbons (Fsp3) is 0.150. The van der Waals surface area contributed by atoms with Gasteiger partial charge in [-0.15, -0.1) is 21.5 Å². The van der Waals surface area contributed by atoms with Gasteiger partial charge < -0.3 is 0 Å². The van der Waals surface area contributed by atoms with Crippen LogP contribution in [0.4, 0.5) is 4.39 Å². The first-order chi connectivity index (χ1) is 13.1. The molecule has 0 N–H and O–H groups in total. The normalized spacial score (nSPS) is 11.1. The lowest BCUT2D eigenvalue weighted by atomic mass is 10.2. The SMILES string of the molecule is Cc1cccc(-n2c(C)nnc2SCc2csc(-c3ccc(F)cc3)n2)c1. The molecule has 136 valence electrons. The van der Waals surface area contributed by atoms with Gasteiger partial charge in [0.2, 0.25) is 0 Å². The van der Waals surface area contributed by atoms with Gasteiger partial charge in [0.05, 0.1) is 5.69 Å². The van der Waals surface area contributed by atoms with Gasteiger partial charge in [0.25, 0.3) is 0 Å². The predicted molar refractivity (Wildman–Crippen MR) is 108 cm³/mol. The number of aryl methyl sites for hydroxylation is 2. The molecule has 7 heteroatoms. The molecular formula is C20H17FN4S2. The fourth-order valence-electron chi connectivity index (χ4n) is 2.74. The Kier molecular flexibility index (Phi) is 5.05. The number of thioether (sulfide) groups is 1. The fourth-order valence-corrected chi connectivity index (χ4v) is 4.56. The molecule has 0 fully saturated rings. The van der Waals surface area contributed by atoms with Gasteiger partial charge >= 0.3 is 0 Å². The molecule has 4 nitrogen and oxygen atoms in total. The average Bonchev–Trinajstić information content (AvgIpc) is 3.27.